The summed E-state index contributed by atoms with van der Waals surface area (Å²) < 4.78 is 23.2. The van der Waals surface area contributed by atoms with Gasteiger partial charge in [0.2, 0.25) is 0 Å². The number of piperidine rings is 1. The summed E-state index contributed by atoms with van der Waals surface area (Å²) in [4.78, 5) is 14.4. The molecule has 4 nitrogen and oxygen atoms in total. The lowest BCUT2D eigenvalue weighted by Crippen LogP contribution is -2.39. The van der Waals surface area contributed by atoms with Crippen LogP contribution in [-0.4, -0.2) is 38.6 Å². The molecule has 1 aliphatic heterocycles. The molecule has 0 aromatic heterocycles. The Hall–Kier alpha value is -1.07. The number of carbonyl (C=O) groups excluding carboxylic acids is 1. The molecule has 6 heteroatoms. The summed E-state index contributed by atoms with van der Waals surface area (Å²) >= 11 is 6.05. The van der Waals surface area contributed by atoms with E-state index >= 15 is 0 Å². The average Bonchev–Trinajstić information content (AvgIpc) is 2.37. The second kappa shape index (κ2) is 5.74. The first-order valence-corrected chi connectivity index (χ1v) is 8.85. The summed E-state index contributed by atoms with van der Waals surface area (Å²) in [5.74, 6) is 0.275. The lowest BCUT2D eigenvalue weighted by molar-refractivity contribution is 0.0683. The van der Waals surface area contributed by atoms with Crippen LogP contribution < -0.4 is 0 Å². The van der Waals surface area contributed by atoms with Gasteiger partial charge in [0.05, 0.1) is 15.5 Å². The highest BCUT2D eigenvalue weighted by Gasteiger charge is 2.24. The Kier molecular flexibility index (Phi) is 4.39. The van der Waals surface area contributed by atoms with Gasteiger partial charge in [0.15, 0.2) is 9.84 Å². The predicted molar refractivity (Wildman–Crippen MR) is 78.9 cm³/mol. The maximum Gasteiger partial charge on any atom is 0.255 e. The molecule has 1 aromatic rings. The van der Waals surface area contributed by atoms with Gasteiger partial charge in [-0.05, 0) is 37.0 Å². The third kappa shape index (κ3) is 3.33. The van der Waals surface area contributed by atoms with E-state index in [9.17, 15) is 13.2 Å². The lowest BCUT2D eigenvalue weighted by atomic mass is 9.99. The maximum atomic E-state index is 12.5. The minimum absolute atomic E-state index is 0.121. The minimum Gasteiger partial charge on any atom is -0.338 e. The molecule has 1 fully saturated rings. The van der Waals surface area contributed by atoms with Crippen LogP contribution in [0.3, 0.4) is 0 Å². The molecular weight excluding hydrogens is 298 g/mol. The summed E-state index contributed by atoms with van der Waals surface area (Å²) in [6, 6.07) is 4.27. The molecule has 0 aliphatic carbocycles. The van der Waals surface area contributed by atoms with E-state index in [1.165, 1.54) is 18.2 Å². The first kappa shape index (κ1) is 15.3. The van der Waals surface area contributed by atoms with Gasteiger partial charge in [-0.1, -0.05) is 18.5 Å². The first-order valence-electron chi connectivity index (χ1n) is 6.58. The van der Waals surface area contributed by atoms with Crippen molar-refractivity contribution in [2.45, 2.75) is 24.7 Å². The second-order valence-electron chi connectivity index (χ2n) is 5.41. The van der Waals surface area contributed by atoms with Crippen molar-refractivity contribution in [3.63, 3.8) is 0 Å². The second-order valence-corrected chi connectivity index (χ2v) is 7.84. The van der Waals surface area contributed by atoms with E-state index < -0.39 is 9.84 Å². The Morgan fingerprint density at radius 2 is 2.10 bits per heavy atom. The molecule has 1 aromatic carbocycles. The van der Waals surface area contributed by atoms with E-state index in [2.05, 4.69) is 6.92 Å². The third-order valence-electron chi connectivity index (χ3n) is 3.54. The van der Waals surface area contributed by atoms with Gasteiger partial charge in [-0.2, -0.15) is 0 Å². The predicted octanol–water partition coefficient (Wildman–Crippen LogP) is 2.62. The number of nitrogens with zero attached hydrogens (tertiary/aromatic N) is 1. The van der Waals surface area contributed by atoms with Crippen molar-refractivity contribution < 1.29 is 13.2 Å². The van der Waals surface area contributed by atoms with Crippen molar-refractivity contribution in [1.82, 2.24) is 4.90 Å². The van der Waals surface area contributed by atoms with Crippen molar-refractivity contribution in [2.75, 3.05) is 19.3 Å². The smallest absolute Gasteiger partial charge is 0.255 e. The minimum atomic E-state index is -3.35. The zero-order valence-corrected chi connectivity index (χ0v) is 13.2. The number of hydrogen-bond donors (Lipinski definition) is 0. The highest BCUT2D eigenvalue weighted by molar-refractivity contribution is 7.90. The van der Waals surface area contributed by atoms with Gasteiger partial charge in [0, 0.05) is 19.3 Å². The molecule has 1 heterocycles. The van der Waals surface area contributed by atoms with Crippen LogP contribution >= 0.6 is 11.6 Å². The molecule has 1 atom stereocenters. The van der Waals surface area contributed by atoms with Gasteiger partial charge < -0.3 is 4.90 Å². The lowest BCUT2D eigenvalue weighted by Gasteiger charge is -2.31. The van der Waals surface area contributed by atoms with Gasteiger partial charge in [-0.3, -0.25) is 4.79 Å². The molecule has 0 radical (unpaired) electrons. The Bertz CT molecular complexity index is 627. The SMILES string of the molecule is CC1CCCN(C(=O)c2cc(S(C)(=O)=O)ccc2Cl)C1. The van der Waals surface area contributed by atoms with Gasteiger partial charge in [0.1, 0.15) is 0 Å². The fourth-order valence-electron chi connectivity index (χ4n) is 2.44. The normalized spacial score (nSPS) is 19.9. The van der Waals surface area contributed by atoms with Crippen LogP contribution in [0.5, 0.6) is 0 Å². The number of amides is 1. The summed E-state index contributed by atoms with van der Waals surface area (Å²) in [6.07, 6.45) is 3.20. The Labute approximate surface area is 124 Å². The van der Waals surface area contributed by atoms with E-state index in [-0.39, 0.29) is 16.4 Å². The fourth-order valence-corrected chi connectivity index (χ4v) is 3.29. The summed E-state index contributed by atoms with van der Waals surface area (Å²) in [5, 5.41) is 0.292. The monoisotopic (exact) mass is 315 g/mol. The van der Waals surface area contributed by atoms with Gasteiger partial charge in [-0.15, -0.1) is 0 Å². The molecule has 1 aliphatic rings. The Morgan fingerprint density at radius 1 is 1.40 bits per heavy atom. The van der Waals surface area contributed by atoms with Crippen molar-refractivity contribution >= 4 is 27.3 Å². The zero-order chi connectivity index (χ0) is 14.9. The van der Waals surface area contributed by atoms with E-state index in [0.717, 1.165) is 19.1 Å². The van der Waals surface area contributed by atoms with Crippen LogP contribution in [0.15, 0.2) is 23.1 Å². The van der Waals surface area contributed by atoms with E-state index in [1.54, 1.807) is 4.90 Å². The number of hydrogen-bond acceptors (Lipinski definition) is 3. The largest absolute Gasteiger partial charge is 0.338 e. The standard InChI is InChI=1S/C14H18ClNO3S/c1-10-4-3-7-16(9-10)14(17)12-8-11(20(2,18)19)5-6-13(12)15/h5-6,8,10H,3-4,7,9H2,1-2H3. The van der Waals surface area contributed by atoms with E-state index in [1.807, 2.05) is 0 Å². The quantitative estimate of drug-likeness (QED) is 0.843. The third-order valence-corrected chi connectivity index (χ3v) is 4.98. The fraction of sp³-hybridized carbons (Fsp3) is 0.500. The van der Waals surface area contributed by atoms with Crippen molar-refractivity contribution in [1.29, 1.82) is 0 Å². The molecular formula is C14H18ClNO3S. The zero-order valence-electron chi connectivity index (χ0n) is 11.6. The Balaban J connectivity index is 2.34. The van der Waals surface area contributed by atoms with Crippen molar-refractivity contribution in [3.05, 3.63) is 28.8 Å². The van der Waals surface area contributed by atoms with Crippen LogP contribution in [0.1, 0.15) is 30.1 Å². The summed E-state index contributed by atoms with van der Waals surface area (Å²) in [5.41, 5.74) is 0.267. The van der Waals surface area contributed by atoms with Crippen LogP contribution in [0.4, 0.5) is 0 Å². The Morgan fingerprint density at radius 3 is 2.70 bits per heavy atom. The summed E-state index contributed by atoms with van der Waals surface area (Å²) in [7, 11) is -3.35. The molecule has 0 saturated carbocycles. The molecule has 20 heavy (non-hydrogen) atoms. The van der Waals surface area contributed by atoms with Crippen LogP contribution in [-0.2, 0) is 9.84 Å². The van der Waals surface area contributed by atoms with Gasteiger partial charge in [-0.25, -0.2) is 8.42 Å². The number of benzene rings is 1. The number of likely N-dealkylation sites (tertiary alicyclic amines) is 1. The number of rotatable bonds is 2. The molecule has 1 amide bonds. The average molecular weight is 316 g/mol. The molecule has 0 bridgehead atoms. The van der Waals surface area contributed by atoms with Crippen molar-refractivity contribution in [2.24, 2.45) is 5.92 Å². The maximum absolute atomic E-state index is 12.5. The molecule has 2 rings (SSSR count). The number of sulfone groups is 1. The molecule has 0 N–H and O–H groups in total. The molecule has 0 spiro atoms. The van der Waals surface area contributed by atoms with E-state index in [4.69, 9.17) is 11.6 Å². The molecule has 1 unspecified atom stereocenters. The highest BCUT2D eigenvalue weighted by Crippen LogP contribution is 2.24. The number of carbonyl (C=O) groups is 1. The van der Waals surface area contributed by atoms with Crippen LogP contribution in [0.2, 0.25) is 5.02 Å². The van der Waals surface area contributed by atoms with Gasteiger partial charge in [0.25, 0.3) is 5.91 Å². The molecule has 1 saturated heterocycles. The number of halogens is 1. The van der Waals surface area contributed by atoms with Crippen LogP contribution in [0.25, 0.3) is 0 Å². The highest BCUT2D eigenvalue weighted by atomic mass is 35.5. The van der Waals surface area contributed by atoms with Crippen LogP contribution in [0, 0.1) is 5.92 Å². The molecule has 110 valence electrons. The van der Waals surface area contributed by atoms with Crippen molar-refractivity contribution in [3.8, 4) is 0 Å². The first-order chi connectivity index (χ1) is 9.29. The topological polar surface area (TPSA) is 54.5 Å². The van der Waals surface area contributed by atoms with E-state index in [0.29, 0.717) is 24.0 Å². The summed E-state index contributed by atoms with van der Waals surface area (Å²) in [6.45, 7) is 3.49. The van der Waals surface area contributed by atoms with Gasteiger partial charge >= 0.3 is 0 Å².